The molecular formula is C41H68N6O8. The van der Waals surface area contributed by atoms with E-state index in [9.17, 15) is 9.59 Å². The third-order valence-electron chi connectivity index (χ3n) is 10.2. The molecule has 0 atom stereocenters. The Balaban J connectivity index is 0.972. The Morgan fingerprint density at radius 1 is 0.818 bits per heavy atom. The van der Waals surface area contributed by atoms with Crippen molar-refractivity contribution in [3.63, 3.8) is 0 Å². The van der Waals surface area contributed by atoms with Crippen molar-refractivity contribution < 1.29 is 38.1 Å². The minimum atomic E-state index is -0.516. The Labute approximate surface area is 328 Å². The molecule has 1 aromatic heterocycles. The maximum absolute atomic E-state index is 12.9. The molecule has 0 radical (unpaired) electrons. The summed E-state index contributed by atoms with van der Waals surface area (Å²) in [6.07, 6.45) is 5.02. The number of ketones is 1. The highest BCUT2D eigenvalue weighted by molar-refractivity contribution is 6.00. The van der Waals surface area contributed by atoms with E-state index in [0.29, 0.717) is 102 Å². The van der Waals surface area contributed by atoms with Crippen LogP contribution in [0.15, 0.2) is 18.2 Å². The lowest BCUT2D eigenvalue weighted by Gasteiger charge is -2.53. The van der Waals surface area contributed by atoms with Crippen LogP contribution in [0.25, 0.3) is 5.69 Å². The van der Waals surface area contributed by atoms with Crippen molar-refractivity contribution in [1.82, 2.24) is 20.2 Å². The number of anilines is 1. The number of hydroxylamine groups is 2. The zero-order valence-electron chi connectivity index (χ0n) is 34.7. The van der Waals surface area contributed by atoms with E-state index in [-0.39, 0.29) is 22.3 Å². The van der Waals surface area contributed by atoms with Crippen molar-refractivity contribution in [2.24, 2.45) is 11.1 Å². The molecule has 1 aliphatic carbocycles. The molecule has 1 saturated heterocycles. The van der Waals surface area contributed by atoms with Crippen LogP contribution in [0.4, 0.5) is 5.69 Å². The molecule has 14 heteroatoms. The minimum absolute atomic E-state index is 0.0150. The van der Waals surface area contributed by atoms with Gasteiger partial charge in [-0.3, -0.25) is 9.59 Å². The number of hydrogen-bond donors (Lipinski definition) is 3. The summed E-state index contributed by atoms with van der Waals surface area (Å²) in [4.78, 5) is 30.7. The average molecular weight is 773 g/mol. The number of piperidine rings is 1. The first-order valence-electron chi connectivity index (χ1n) is 19.9. The second-order valence-electron chi connectivity index (χ2n) is 16.7. The first kappa shape index (κ1) is 44.8. The number of ether oxygens (including phenoxy) is 5. The van der Waals surface area contributed by atoms with Crippen LogP contribution in [0.1, 0.15) is 106 Å². The summed E-state index contributed by atoms with van der Waals surface area (Å²) in [5.74, 6) is -0.392. The van der Waals surface area contributed by atoms with Gasteiger partial charge in [0.25, 0.3) is 5.91 Å². The highest BCUT2D eigenvalue weighted by atomic mass is 16.7. The zero-order valence-corrected chi connectivity index (χ0v) is 34.7. The molecule has 4 N–H and O–H groups in total. The van der Waals surface area contributed by atoms with Gasteiger partial charge in [-0.05, 0) is 96.9 Å². The van der Waals surface area contributed by atoms with Crippen molar-refractivity contribution >= 4 is 17.4 Å². The van der Waals surface area contributed by atoms with Crippen LogP contribution >= 0.6 is 0 Å². The molecule has 1 aromatic carbocycles. The van der Waals surface area contributed by atoms with Gasteiger partial charge in [-0.25, -0.2) is 4.68 Å². The van der Waals surface area contributed by atoms with Gasteiger partial charge in [-0.2, -0.15) is 10.2 Å². The van der Waals surface area contributed by atoms with Crippen molar-refractivity contribution in [2.45, 2.75) is 104 Å². The van der Waals surface area contributed by atoms with E-state index in [0.717, 1.165) is 55.7 Å². The summed E-state index contributed by atoms with van der Waals surface area (Å²) in [5.41, 5.74) is 9.63. The van der Waals surface area contributed by atoms with E-state index in [2.05, 4.69) is 57.2 Å². The number of amides is 1. The number of carbonyl (C=O) groups excluding carboxylic acids is 2. The number of aryl methyl sites for hydroxylation is 1. The predicted octanol–water partition coefficient (Wildman–Crippen LogP) is 4.88. The SMILES string of the molecule is CON1C(C)(C)CC(NCCCOCCOCCOCCOCCOCCCNc2cc(-n3nc(C)c4c3CC(C)(C)CC4=O)ccc2C(N)=O)CC1(C)C. The molecule has 1 amide bonds. The summed E-state index contributed by atoms with van der Waals surface area (Å²) in [7, 11) is 1.76. The molecule has 14 nitrogen and oxygen atoms in total. The van der Waals surface area contributed by atoms with E-state index >= 15 is 0 Å². The van der Waals surface area contributed by atoms with Gasteiger partial charge in [0.2, 0.25) is 0 Å². The standard InChI is InChI=1S/C41H68N6O8/c1-30-37-35(28-39(2,3)29-36(37)48)46(45-30)32-11-12-33(38(42)49)34(25-32)44-14-10-16-52-18-20-54-22-24-55-23-21-53-19-17-51-15-9-13-43-31-26-40(4,5)47(50-8)41(6,7)27-31/h11-12,25,31,43-44H,9-10,13-24,26-29H2,1-8H3,(H2,42,49). The first-order chi connectivity index (χ1) is 26.1. The molecule has 2 heterocycles. The summed E-state index contributed by atoms with van der Waals surface area (Å²) >= 11 is 0. The van der Waals surface area contributed by atoms with E-state index in [1.165, 1.54) is 0 Å². The van der Waals surface area contributed by atoms with Crippen LogP contribution in [0.5, 0.6) is 0 Å². The Morgan fingerprint density at radius 2 is 1.35 bits per heavy atom. The molecule has 0 saturated carbocycles. The van der Waals surface area contributed by atoms with Gasteiger partial charge >= 0.3 is 0 Å². The quantitative estimate of drug-likeness (QED) is 0.118. The van der Waals surface area contributed by atoms with Crippen molar-refractivity contribution in [2.75, 3.05) is 91.6 Å². The van der Waals surface area contributed by atoms with Gasteiger partial charge < -0.3 is 44.9 Å². The summed E-state index contributed by atoms with van der Waals surface area (Å²) in [6.45, 7) is 21.9. The highest BCUT2D eigenvalue weighted by Crippen LogP contribution is 2.39. The number of nitrogens with zero attached hydrogens (tertiary/aromatic N) is 3. The fourth-order valence-corrected chi connectivity index (χ4v) is 8.14. The Bertz CT molecular complexity index is 1510. The number of Topliss-reactive ketones (excluding diaryl/α,β-unsaturated/α-hetero) is 1. The summed E-state index contributed by atoms with van der Waals surface area (Å²) in [5, 5.41) is 13.9. The molecule has 2 aromatic rings. The second-order valence-corrected chi connectivity index (χ2v) is 16.7. The summed E-state index contributed by atoms with van der Waals surface area (Å²) < 4.78 is 30.1. The van der Waals surface area contributed by atoms with Crippen LogP contribution in [0.2, 0.25) is 0 Å². The number of hydrogen-bond acceptors (Lipinski definition) is 12. The second kappa shape index (κ2) is 21.0. The van der Waals surface area contributed by atoms with E-state index in [1.54, 1.807) is 13.2 Å². The molecule has 0 spiro atoms. The number of benzene rings is 1. The molecule has 55 heavy (non-hydrogen) atoms. The molecule has 310 valence electrons. The predicted molar refractivity (Wildman–Crippen MR) is 213 cm³/mol. The molecule has 0 unspecified atom stereocenters. The van der Waals surface area contributed by atoms with Crippen molar-refractivity contribution in [3.05, 3.63) is 40.7 Å². The average Bonchev–Trinajstić information content (AvgIpc) is 3.42. The van der Waals surface area contributed by atoms with Gasteiger partial charge in [-0.15, -0.1) is 0 Å². The first-order valence-corrected chi connectivity index (χ1v) is 19.9. The van der Waals surface area contributed by atoms with E-state index in [1.807, 2.05) is 23.7 Å². The largest absolute Gasteiger partial charge is 0.384 e. The Morgan fingerprint density at radius 3 is 1.87 bits per heavy atom. The van der Waals surface area contributed by atoms with Crippen molar-refractivity contribution in [1.29, 1.82) is 0 Å². The van der Waals surface area contributed by atoms with Gasteiger partial charge in [0.15, 0.2) is 5.78 Å². The van der Waals surface area contributed by atoms with Crippen LogP contribution in [-0.4, -0.2) is 130 Å². The molecule has 2 aliphatic rings. The number of fused-ring (bicyclic) bond motifs is 1. The van der Waals surface area contributed by atoms with Crippen LogP contribution in [-0.2, 0) is 34.9 Å². The third-order valence-corrected chi connectivity index (χ3v) is 10.2. The number of rotatable bonds is 25. The number of carbonyl (C=O) groups is 2. The lowest BCUT2D eigenvalue weighted by atomic mass is 9.75. The number of nitrogens with two attached hydrogens (primary N) is 1. The third kappa shape index (κ3) is 13.3. The van der Waals surface area contributed by atoms with Gasteiger partial charge in [-0.1, -0.05) is 13.8 Å². The number of primary amides is 1. The molecule has 1 aliphatic heterocycles. The van der Waals surface area contributed by atoms with Crippen LogP contribution in [0, 0.1) is 12.3 Å². The van der Waals surface area contributed by atoms with Crippen LogP contribution < -0.4 is 16.4 Å². The normalized spacial score (nSPS) is 18.1. The minimum Gasteiger partial charge on any atom is -0.384 e. The summed E-state index contributed by atoms with van der Waals surface area (Å²) in [6, 6.07) is 5.85. The maximum Gasteiger partial charge on any atom is 0.250 e. The number of aromatic nitrogens is 2. The molecule has 4 rings (SSSR count). The fraction of sp³-hybridized carbons (Fsp3) is 0.732. The monoisotopic (exact) mass is 773 g/mol. The zero-order chi connectivity index (χ0) is 40.1. The maximum atomic E-state index is 12.9. The van der Waals surface area contributed by atoms with Crippen LogP contribution in [0.3, 0.4) is 0 Å². The van der Waals surface area contributed by atoms with E-state index in [4.69, 9.17) is 39.4 Å². The van der Waals surface area contributed by atoms with E-state index < -0.39 is 5.91 Å². The smallest absolute Gasteiger partial charge is 0.250 e. The van der Waals surface area contributed by atoms with Crippen molar-refractivity contribution in [3.8, 4) is 5.69 Å². The highest BCUT2D eigenvalue weighted by Gasteiger charge is 2.46. The lowest BCUT2D eigenvalue weighted by molar-refractivity contribution is -0.267. The fourth-order valence-electron chi connectivity index (χ4n) is 8.14. The Kier molecular flexibility index (Phi) is 17.1. The molecular weight excluding hydrogens is 704 g/mol. The Hall–Kier alpha value is -2.95. The molecule has 1 fully saturated rings. The van der Waals surface area contributed by atoms with Gasteiger partial charge in [0.1, 0.15) is 0 Å². The lowest BCUT2D eigenvalue weighted by Crippen LogP contribution is -2.63. The van der Waals surface area contributed by atoms with Gasteiger partial charge in [0.05, 0.1) is 88.2 Å². The van der Waals surface area contributed by atoms with Gasteiger partial charge in [0, 0.05) is 49.0 Å². The topological polar surface area (TPSA) is 161 Å². The molecule has 0 bridgehead atoms. The number of nitrogens with one attached hydrogen (secondary N) is 2.